The number of imidazole rings is 1. The molecule has 0 bridgehead atoms. The summed E-state index contributed by atoms with van der Waals surface area (Å²) < 4.78 is 2.07. The minimum absolute atomic E-state index is 0.168. The molecule has 0 spiro atoms. The van der Waals surface area contributed by atoms with Gasteiger partial charge in [0, 0.05) is 44.5 Å². The summed E-state index contributed by atoms with van der Waals surface area (Å²) in [5, 5.41) is 3.60. The summed E-state index contributed by atoms with van der Waals surface area (Å²) in [5.74, 6) is 1.11. The standard InChI is InChI=1S/C15H20N4/c1-19-9-8-18-15(19)6-7-17-14-10-13(16)11-4-2-3-5-12(11)14/h2-5,8-9,13-14,17H,6-7,10,16H2,1H3. The molecule has 4 heteroatoms. The van der Waals surface area contributed by atoms with Crippen molar-refractivity contribution in [3.63, 3.8) is 0 Å². The molecule has 0 aliphatic heterocycles. The molecular formula is C15H20N4. The Kier molecular flexibility index (Phi) is 3.36. The molecule has 4 nitrogen and oxygen atoms in total. The molecule has 1 heterocycles. The monoisotopic (exact) mass is 256 g/mol. The molecule has 3 N–H and O–H groups in total. The second-order valence-corrected chi connectivity index (χ2v) is 5.18. The lowest BCUT2D eigenvalue weighted by molar-refractivity contribution is 0.497. The van der Waals surface area contributed by atoms with E-state index in [0.717, 1.165) is 25.2 Å². The van der Waals surface area contributed by atoms with Gasteiger partial charge in [0.25, 0.3) is 0 Å². The van der Waals surface area contributed by atoms with Gasteiger partial charge in [0.2, 0.25) is 0 Å². The van der Waals surface area contributed by atoms with Crippen LogP contribution in [0.4, 0.5) is 0 Å². The van der Waals surface area contributed by atoms with E-state index in [2.05, 4.69) is 39.1 Å². The van der Waals surface area contributed by atoms with E-state index in [1.165, 1.54) is 11.1 Å². The highest BCUT2D eigenvalue weighted by atomic mass is 15.0. The van der Waals surface area contributed by atoms with Crippen molar-refractivity contribution < 1.29 is 0 Å². The van der Waals surface area contributed by atoms with Crippen molar-refractivity contribution in [3.8, 4) is 0 Å². The van der Waals surface area contributed by atoms with E-state index in [1.807, 2.05) is 19.4 Å². The van der Waals surface area contributed by atoms with Crippen molar-refractivity contribution in [2.75, 3.05) is 6.54 Å². The van der Waals surface area contributed by atoms with Crippen LogP contribution in [0.5, 0.6) is 0 Å². The third kappa shape index (κ3) is 2.41. The van der Waals surface area contributed by atoms with E-state index in [-0.39, 0.29) is 6.04 Å². The first kappa shape index (κ1) is 12.4. The SMILES string of the molecule is Cn1ccnc1CCNC1CC(N)c2ccccc21. The zero-order chi connectivity index (χ0) is 13.2. The third-order valence-electron chi connectivity index (χ3n) is 3.92. The summed E-state index contributed by atoms with van der Waals surface area (Å²) in [7, 11) is 2.03. The van der Waals surface area contributed by atoms with Gasteiger partial charge in [0.1, 0.15) is 5.82 Å². The van der Waals surface area contributed by atoms with Gasteiger partial charge in [-0.2, -0.15) is 0 Å². The maximum absolute atomic E-state index is 6.17. The fraction of sp³-hybridized carbons (Fsp3) is 0.400. The van der Waals surface area contributed by atoms with Gasteiger partial charge in [-0.3, -0.25) is 0 Å². The second-order valence-electron chi connectivity index (χ2n) is 5.18. The summed E-state index contributed by atoms with van der Waals surface area (Å²) >= 11 is 0. The number of aryl methyl sites for hydroxylation is 1. The molecule has 2 atom stereocenters. The minimum Gasteiger partial charge on any atom is -0.338 e. The summed E-state index contributed by atoms with van der Waals surface area (Å²) in [5.41, 5.74) is 8.82. The number of hydrogen-bond donors (Lipinski definition) is 2. The van der Waals surface area contributed by atoms with Gasteiger partial charge in [-0.1, -0.05) is 24.3 Å². The molecule has 0 amide bonds. The number of rotatable bonds is 4. The maximum Gasteiger partial charge on any atom is 0.109 e. The highest BCUT2D eigenvalue weighted by molar-refractivity contribution is 5.37. The Morgan fingerprint density at radius 3 is 2.89 bits per heavy atom. The number of fused-ring (bicyclic) bond motifs is 1. The van der Waals surface area contributed by atoms with Gasteiger partial charge in [-0.25, -0.2) is 4.98 Å². The quantitative estimate of drug-likeness (QED) is 0.875. The number of nitrogens with one attached hydrogen (secondary N) is 1. The van der Waals surface area contributed by atoms with E-state index in [0.29, 0.717) is 6.04 Å². The van der Waals surface area contributed by atoms with E-state index < -0.39 is 0 Å². The van der Waals surface area contributed by atoms with Crippen LogP contribution in [0.3, 0.4) is 0 Å². The lowest BCUT2D eigenvalue weighted by Crippen LogP contribution is -2.23. The molecule has 19 heavy (non-hydrogen) atoms. The average molecular weight is 256 g/mol. The number of benzene rings is 1. The Morgan fingerprint density at radius 1 is 1.37 bits per heavy atom. The summed E-state index contributed by atoms with van der Waals surface area (Å²) in [6, 6.07) is 9.02. The van der Waals surface area contributed by atoms with Gasteiger partial charge in [-0.05, 0) is 17.5 Å². The van der Waals surface area contributed by atoms with E-state index >= 15 is 0 Å². The number of nitrogens with two attached hydrogens (primary N) is 1. The topological polar surface area (TPSA) is 55.9 Å². The first-order valence-corrected chi connectivity index (χ1v) is 6.79. The van der Waals surface area contributed by atoms with Gasteiger partial charge in [0.05, 0.1) is 0 Å². The molecule has 100 valence electrons. The van der Waals surface area contributed by atoms with Gasteiger partial charge < -0.3 is 15.6 Å². The molecule has 1 aliphatic carbocycles. The number of hydrogen-bond acceptors (Lipinski definition) is 3. The molecule has 2 aromatic rings. The minimum atomic E-state index is 0.168. The Balaban J connectivity index is 1.61. The highest BCUT2D eigenvalue weighted by Crippen LogP contribution is 2.36. The van der Waals surface area contributed by atoms with Gasteiger partial charge in [0.15, 0.2) is 0 Å². The molecule has 1 aliphatic rings. The van der Waals surface area contributed by atoms with Crippen molar-refractivity contribution in [1.29, 1.82) is 0 Å². The molecule has 1 aromatic heterocycles. The molecule has 0 fully saturated rings. The predicted molar refractivity (Wildman–Crippen MR) is 75.6 cm³/mol. The second kappa shape index (κ2) is 5.15. The van der Waals surface area contributed by atoms with E-state index in [4.69, 9.17) is 5.73 Å². The average Bonchev–Trinajstić information content (AvgIpc) is 2.96. The fourth-order valence-corrected chi connectivity index (χ4v) is 2.86. The van der Waals surface area contributed by atoms with Crippen LogP contribution in [-0.4, -0.2) is 16.1 Å². The normalized spacial score (nSPS) is 21.6. The summed E-state index contributed by atoms with van der Waals surface area (Å²) in [6.45, 7) is 0.927. The smallest absolute Gasteiger partial charge is 0.109 e. The van der Waals surface area contributed by atoms with Crippen molar-refractivity contribution >= 4 is 0 Å². The van der Waals surface area contributed by atoms with Crippen LogP contribution in [0.1, 0.15) is 35.5 Å². The van der Waals surface area contributed by atoms with Crippen LogP contribution < -0.4 is 11.1 Å². The first-order valence-electron chi connectivity index (χ1n) is 6.79. The zero-order valence-corrected chi connectivity index (χ0v) is 11.2. The number of aromatic nitrogens is 2. The Bertz CT molecular complexity index is 561. The first-order chi connectivity index (χ1) is 9.25. The van der Waals surface area contributed by atoms with Crippen molar-refractivity contribution in [2.24, 2.45) is 12.8 Å². The summed E-state index contributed by atoms with van der Waals surface area (Å²) in [4.78, 5) is 4.34. The van der Waals surface area contributed by atoms with E-state index in [9.17, 15) is 0 Å². The van der Waals surface area contributed by atoms with Crippen LogP contribution in [0.15, 0.2) is 36.7 Å². The highest BCUT2D eigenvalue weighted by Gasteiger charge is 2.27. The third-order valence-corrected chi connectivity index (χ3v) is 3.92. The molecule has 0 saturated carbocycles. The Morgan fingerprint density at radius 2 is 2.16 bits per heavy atom. The molecular weight excluding hydrogens is 236 g/mol. The molecule has 0 saturated heterocycles. The summed E-state index contributed by atoms with van der Waals surface area (Å²) in [6.07, 6.45) is 5.75. The molecule has 1 aromatic carbocycles. The van der Waals surface area contributed by atoms with Crippen molar-refractivity contribution in [1.82, 2.24) is 14.9 Å². The van der Waals surface area contributed by atoms with Crippen LogP contribution in [0.2, 0.25) is 0 Å². The maximum atomic E-state index is 6.17. The lowest BCUT2D eigenvalue weighted by atomic mass is 10.1. The molecule has 3 rings (SSSR count). The fourth-order valence-electron chi connectivity index (χ4n) is 2.86. The zero-order valence-electron chi connectivity index (χ0n) is 11.2. The largest absolute Gasteiger partial charge is 0.338 e. The van der Waals surface area contributed by atoms with Gasteiger partial charge in [-0.15, -0.1) is 0 Å². The molecule has 0 radical (unpaired) electrons. The number of nitrogens with zero attached hydrogens (tertiary/aromatic N) is 2. The predicted octanol–water partition coefficient (Wildman–Crippen LogP) is 1.70. The Hall–Kier alpha value is -1.65. The lowest BCUT2D eigenvalue weighted by Gasteiger charge is -2.13. The molecule has 2 unspecified atom stereocenters. The van der Waals surface area contributed by atoms with Crippen LogP contribution in [0, 0.1) is 0 Å². The van der Waals surface area contributed by atoms with Crippen LogP contribution in [0.25, 0.3) is 0 Å². The van der Waals surface area contributed by atoms with Crippen LogP contribution in [-0.2, 0) is 13.5 Å². The van der Waals surface area contributed by atoms with Crippen LogP contribution >= 0.6 is 0 Å². The van der Waals surface area contributed by atoms with Crippen molar-refractivity contribution in [2.45, 2.75) is 24.9 Å². The van der Waals surface area contributed by atoms with Gasteiger partial charge >= 0.3 is 0 Å². The Labute approximate surface area is 113 Å². The van der Waals surface area contributed by atoms with E-state index in [1.54, 1.807) is 0 Å². The van der Waals surface area contributed by atoms with Crippen molar-refractivity contribution in [3.05, 3.63) is 53.6 Å².